The predicted molar refractivity (Wildman–Crippen MR) is 124 cm³/mol. The molecule has 162 valence electrons. The van der Waals surface area contributed by atoms with Gasteiger partial charge >= 0.3 is 0 Å². The Balaban J connectivity index is 1.35. The van der Waals surface area contributed by atoms with Gasteiger partial charge in [0.2, 0.25) is 0 Å². The molecule has 0 unspecified atom stereocenters. The summed E-state index contributed by atoms with van der Waals surface area (Å²) in [6, 6.07) is 11.0. The fraction of sp³-hybridized carbons (Fsp3) is 0.292. The van der Waals surface area contributed by atoms with Crippen LogP contribution in [0, 0.1) is 0 Å². The van der Waals surface area contributed by atoms with E-state index in [0.717, 1.165) is 47.6 Å². The van der Waals surface area contributed by atoms with Crippen LogP contribution in [-0.2, 0) is 13.4 Å². The maximum Gasteiger partial charge on any atom is 0.169 e. The number of hydrogen-bond donors (Lipinski definition) is 0. The summed E-state index contributed by atoms with van der Waals surface area (Å²) >= 11 is 0. The van der Waals surface area contributed by atoms with Crippen molar-refractivity contribution in [2.24, 2.45) is 6.98 Å². The number of aryl methyl sites for hydroxylation is 1. The van der Waals surface area contributed by atoms with Crippen LogP contribution in [0.1, 0.15) is 20.2 Å². The van der Waals surface area contributed by atoms with Crippen LogP contribution in [0.4, 0.5) is 5.82 Å². The van der Waals surface area contributed by atoms with Gasteiger partial charge in [0.05, 0.1) is 23.8 Å². The molecule has 0 saturated carbocycles. The monoisotopic (exact) mass is 430 g/mol. The van der Waals surface area contributed by atoms with Gasteiger partial charge in [-0.25, -0.2) is 4.98 Å². The van der Waals surface area contributed by atoms with Crippen molar-refractivity contribution in [3.63, 3.8) is 0 Å². The zero-order valence-electron chi connectivity index (χ0n) is 20.8. The minimum absolute atomic E-state index is 0.0495. The van der Waals surface area contributed by atoms with Crippen molar-refractivity contribution in [2.45, 2.75) is 6.42 Å². The van der Waals surface area contributed by atoms with E-state index in [4.69, 9.17) is 4.11 Å². The van der Waals surface area contributed by atoms with Gasteiger partial charge in [-0.15, -0.1) is 0 Å². The zero-order chi connectivity index (χ0) is 24.6. The average molecular weight is 431 g/mol. The fourth-order valence-corrected chi connectivity index (χ4v) is 3.89. The standard InChI is InChI=1S/C24H25N7O/c1-29-7-9-31(10-8-29)24-13-18(5-6-25-24)23(32)14-21-12-19-11-17(3-4-22(19)28-27-21)20-15-26-30(2)16-20/h3-6,11-13,15-16H,7-10,14H2,1-2H3/i2D3. The number of piperazine rings is 1. The molecular formula is C24H25N7O. The number of carbonyl (C=O) groups is 1. The van der Waals surface area contributed by atoms with Crippen molar-refractivity contribution in [2.75, 3.05) is 38.1 Å². The number of benzene rings is 1. The lowest BCUT2D eigenvalue weighted by molar-refractivity contribution is 0.0991. The normalized spacial score (nSPS) is 16.5. The van der Waals surface area contributed by atoms with Crippen LogP contribution < -0.4 is 4.90 Å². The second-order valence-corrected chi connectivity index (χ2v) is 8.08. The average Bonchev–Trinajstić information content (AvgIpc) is 3.35. The van der Waals surface area contributed by atoms with E-state index in [1.807, 2.05) is 30.3 Å². The van der Waals surface area contributed by atoms with Gasteiger partial charge in [0.15, 0.2) is 5.78 Å². The Hall–Kier alpha value is -3.65. The molecule has 5 rings (SSSR count). The lowest BCUT2D eigenvalue weighted by Crippen LogP contribution is -2.44. The smallest absolute Gasteiger partial charge is 0.169 e. The third kappa shape index (κ3) is 4.22. The van der Waals surface area contributed by atoms with Gasteiger partial charge in [-0.1, -0.05) is 6.07 Å². The maximum absolute atomic E-state index is 13.0. The van der Waals surface area contributed by atoms with E-state index in [2.05, 4.69) is 37.1 Å². The molecule has 32 heavy (non-hydrogen) atoms. The lowest BCUT2D eigenvalue weighted by Gasteiger charge is -2.33. The Labute approximate surface area is 190 Å². The third-order valence-electron chi connectivity index (χ3n) is 5.79. The van der Waals surface area contributed by atoms with Crippen LogP contribution in [0.2, 0.25) is 0 Å². The van der Waals surface area contributed by atoms with Crippen molar-refractivity contribution in [1.29, 1.82) is 0 Å². The van der Waals surface area contributed by atoms with E-state index >= 15 is 0 Å². The highest BCUT2D eigenvalue weighted by atomic mass is 16.1. The van der Waals surface area contributed by atoms with Gasteiger partial charge in [0, 0.05) is 66.2 Å². The van der Waals surface area contributed by atoms with Crippen LogP contribution in [-0.4, -0.2) is 68.9 Å². The number of anilines is 1. The van der Waals surface area contributed by atoms with Crippen LogP contribution in [0.3, 0.4) is 0 Å². The molecule has 1 fully saturated rings. The largest absolute Gasteiger partial charge is 0.354 e. The number of rotatable bonds is 5. The summed E-state index contributed by atoms with van der Waals surface area (Å²) in [5.74, 6) is 0.766. The van der Waals surface area contributed by atoms with Gasteiger partial charge in [-0.2, -0.15) is 15.3 Å². The quantitative estimate of drug-likeness (QED) is 0.450. The first-order valence-electron chi connectivity index (χ1n) is 12.0. The molecule has 8 heteroatoms. The Morgan fingerprint density at radius 2 is 1.94 bits per heavy atom. The molecule has 0 aliphatic carbocycles. The highest BCUT2D eigenvalue weighted by molar-refractivity contribution is 5.98. The predicted octanol–water partition coefficient (Wildman–Crippen LogP) is 2.60. The Bertz CT molecular complexity index is 1380. The second-order valence-electron chi connectivity index (χ2n) is 8.08. The summed E-state index contributed by atoms with van der Waals surface area (Å²) in [4.78, 5) is 22.0. The van der Waals surface area contributed by atoms with Crippen LogP contribution >= 0.6 is 0 Å². The Kier molecular flexibility index (Phi) is 4.49. The van der Waals surface area contributed by atoms with Gasteiger partial charge < -0.3 is 9.80 Å². The van der Waals surface area contributed by atoms with E-state index in [0.29, 0.717) is 22.3 Å². The lowest BCUT2D eigenvalue weighted by atomic mass is 10.0. The number of fused-ring (bicyclic) bond motifs is 1. The number of ketones is 1. The highest BCUT2D eigenvalue weighted by Gasteiger charge is 2.17. The molecular weight excluding hydrogens is 402 g/mol. The molecule has 4 heterocycles. The summed E-state index contributed by atoms with van der Waals surface area (Å²) in [6.07, 6.45) is 4.82. The summed E-state index contributed by atoms with van der Waals surface area (Å²) in [6.45, 7) is 1.36. The zero-order valence-corrected chi connectivity index (χ0v) is 17.8. The topological polar surface area (TPSA) is 80.0 Å². The summed E-state index contributed by atoms with van der Waals surface area (Å²) in [5, 5.41) is 13.3. The van der Waals surface area contributed by atoms with Crippen molar-refractivity contribution < 1.29 is 8.91 Å². The van der Waals surface area contributed by atoms with Crippen LogP contribution in [0.25, 0.3) is 22.0 Å². The molecule has 0 amide bonds. The Morgan fingerprint density at radius 1 is 1.06 bits per heavy atom. The van der Waals surface area contributed by atoms with E-state index < -0.39 is 6.98 Å². The molecule has 0 radical (unpaired) electrons. The Morgan fingerprint density at radius 3 is 2.75 bits per heavy atom. The minimum Gasteiger partial charge on any atom is -0.354 e. The summed E-state index contributed by atoms with van der Waals surface area (Å²) < 4.78 is 23.5. The molecule has 4 aromatic rings. The summed E-state index contributed by atoms with van der Waals surface area (Å²) in [7, 11) is 2.10. The fourth-order valence-electron chi connectivity index (χ4n) is 3.89. The molecule has 0 bridgehead atoms. The van der Waals surface area contributed by atoms with Gasteiger partial charge in [-0.3, -0.25) is 9.48 Å². The number of nitrogens with zero attached hydrogens (tertiary/aromatic N) is 7. The number of aromatic nitrogens is 5. The first-order chi connectivity index (χ1) is 16.8. The van der Waals surface area contributed by atoms with E-state index in [1.54, 1.807) is 12.3 Å². The molecule has 1 saturated heterocycles. The van der Waals surface area contributed by atoms with Crippen molar-refractivity contribution in [3.05, 3.63) is 66.2 Å². The van der Waals surface area contributed by atoms with E-state index in [1.165, 1.54) is 12.4 Å². The van der Waals surface area contributed by atoms with Crippen molar-refractivity contribution >= 4 is 22.5 Å². The number of hydrogen-bond acceptors (Lipinski definition) is 7. The SMILES string of the molecule is [2H]C([2H])([2H])n1cc(-c2ccc3nnc(CC(=O)c4ccnc(N5CCN(C)CC5)c4)cc3c2)cn1. The number of Topliss-reactive ketones (excluding diaryl/α,β-unsaturated/α-hetero) is 1. The second kappa shape index (κ2) is 8.47. The third-order valence-corrected chi connectivity index (χ3v) is 5.79. The molecule has 0 atom stereocenters. The van der Waals surface area contributed by atoms with Crippen molar-refractivity contribution in [1.82, 2.24) is 29.9 Å². The molecule has 1 aliphatic heterocycles. The minimum atomic E-state index is -2.33. The maximum atomic E-state index is 13.0. The number of likely N-dealkylation sites (N-methyl/N-ethyl adjacent to an activating group) is 1. The first kappa shape index (κ1) is 17.0. The van der Waals surface area contributed by atoms with E-state index in [-0.39, 0.29) is 12.2 Å². The molecule has 1 aromatic carbocycles. The first-order valence-corrected chi connectivity index (χ1v) is 10.5. The molecule has 0 spiro atoms. The van der Waals surface area contributed by atoms with Gasteiger partial charge in [-0.05, 0) is 42.9 Å². The van der Waals surface area contributed by atoms with Gasteiger partial charge in [0.1, 0.15) is 5.82 Å². The van der Waals surface area contributed by atoms with Crippen molar-refractivity contribution in [3.8, 4) is 11.1 Å². The highest BCUT2D eigenvalue weighted by Crippen LogP contribution is 2.23. The van der Waals surface area contributed by atoms with E-state index in [9.17, 15) is 4.79 Å². The molecule has 1 aliphatic rings. The molecule has 0 N–H and O–H groups in total. The molecule has 3 aromatic heterocycles. The van der Waals surface area contributed by atoms with Crippen LogP contribution in [0.5, 0.6) is 0 Å². The van der Waals surface area contributed by atoms with Crippen LogP contribution in [0.15, 0.2) is 55.0 Å². The number of pyridine rings is 1. The molecule has 8 nitrogen and oxygen atoms in total. The number of carbonyl (C=O) groups excluding carboxylic acids is 1. The van der Waals surface area contributed by atoms with Gasteiger partial charge in [0.25, 0.3) is 0 Å². The summed E-state index contributed by atoms with van der Waals surface area (Å²) in [5.41, 5.74) is 3.35.